The molecular weight excluding hydrogens is 611 g/mol. The highest BCUT2D eigenvalue weighted by atomic mass is 32.1. The number of para-hydroxylation sites is 1. The highest BCUT2D eigenvalue weighted by Crippen LogP contribution is 2.55. The monoisotopic (exact) mass is 645 g/mol. The van der Waals surface area contributed by atoms with Crippen molar-refractivity contribution in [3.8, 4) is 22.3 Å². The van der Waals surface area contributed by atoms with E-state index in [0.717, 1.165) is 24.2 Å². The Kier molecular flexibility index (Phi) is 6.29. The van der Waals surface area contributed by atoms with Crippen LogP contribution in [0.5, 0.6) is 0 Å². The van der Waals surface area contributed by atoms with Crippen LogP contribution >= 0.6 is 11.3 Å². The van der Waals surface area contributed by atoms with Gasteiger partial charge in [-0.3, -0.25) is 0 Å². The fourth-order valence-electron chi connectivity index (χ4n) is 8.65. The first kappa shape index (κ1) is 28.6. The van der Waals surface area contributed by atoms with E-state index in [1.165, 1.54) is 81.1 Å². The molecule has 0 amide bonds. The van der Waals surface area contributed by atoms with Crippen molar-refractivity contribution in [2.24, 2.45) is 0 Å². The molecule has 49 heavy (non-hydrogen) atoms. The standard InChI is InChI=1S/C47H35NS/c1-47(2)42-29-33(27-28-41(42)44-38-18-8-6-15-35(38)36-16-7-9-19-39(36)45(44)47)48(31-13-4-3-5-14-31)32-25-23-30(24-26-32)34-20-12-21-40-37-17-10-11-22-43(37)49-46(34)40/h3-9,11-16,18-29H,10,17H2,1-2H3. The minimum atomic E-state index is -0.162. The number of allylic oxidation sites excluding steroid dienone is 1. The number of anilines is 3. The Balaban J connectivity index is 1.12. The lowest BCUT2D eigenvalue weighted by Gasteiger charge is -2.28. The van der Waals surface area contributed by atoms with Gasteiger partial charge in [0.25, 0.3) is 0 Å². The van der Waals surface area contributed by atoms with E-state index in [2.05, 4.69) is 170 Å². The maximum atomic E-state index is 2.45. The van der Waals surface area contributed by atoms with Crippen LogP contribution in [0.4, 0.5) is 17.1 Å². The normalized spacial score (nSPS) is 14.2. The molecule has 1 heterocycles. The summed E-state index contributed by atoms with van der Waals surface area (Å²) < 4.78 is 1.40. The summed E-state index contributed by atoms with van der Waals surface area (Å²) in [4.78, 5) is 3.83. The summed E-state index contributed by atoms with van der Waals surface area (Å²) in [7, 11) is 0. The number of nitrogens with zero attached hydrogens (tertiary/aromatic N) is 1. The van der Waals surface area contributed by atoms with E-state index in [0.29, 0.717) is 0 Å². The molecule has 0 saturated heterocycles. The van der Waals surface area contributed by atoms with Crippen molar-refractivity contribution < 1.29 is 0 Å². The third-order valence-corrected chi connectivity index (χ3v) is 12.1. The van der Waals surface area contributed by atoms with Gasteiger partial charge in [-0.1, -0.05) is 123 Å². The van der Waals surface area contributed by atoms with Gasteiger partial charge in [-0.15, -0.1) is 11.3 Å². The van der Waals surface area contributed by atoms with E-state index < -0.39 is 0 Å². The van der Waals surface area contributed by atoms with Gasteiger partial charge < -0.3 is 4.90 Å². The Labute approximate surface area is 291 Å². The molecule has 2 heteroatoms. The van der Waals surface area contributed by atoms with Crippen LogP contribution in [0.15, 0.2) is 146 Å². The van der Waals surface area contributed by atoms with Gasteiger partial charge in [0.05, 0.1) is 0 Å². The highest BCUT2D eigenvalue weighted by Gasteiger charge is 2.39. The molecule has 10 rings (SSSR count). The highest BCUT2D eigenvalue weighted by molar-refractivity contribution is 7.20. The summed E-state index contributed by atoms with van der Waals surface area (Å²) in [5.74, 6) is 0. The second-order valence-electron chi connectivity index (χ2n) is 14.0. The molecule has 1 aromatic heterocycles. The van der Waals surface area contributed by atoms with Crippen molar-refractivity contribution in [3.05, 3.63) is 167 Å². The zero-order chi connectivity index (χ0) is 32.7. The first-order valence-corrected chi connectivity index (χ1v) is 18.1. The summed E-state index contributed by atoms with van der Waals surface area (Å²) in [5, 5.41) is 6.76. The van der Waals surface area contributed by atoms with E-state index in [9.17, 15) is 0 Å². The topological polar surface area (TPSA) is 3.24 Å². The van der Waals surface area contributed by atoms with Crippen LogP contribution in [-0.2, 0) is 11.8 Å². The Bertz CT molecular complexity index is 2620. The van der Waals surface area contributed by atoms with Crippen LogP contribution in [0, 0.1) is 0 Å². The van der Waals surface area contributed by atoms with Gasteiger partial charge in [-0.2, -0.15) is 0 Å². The zero-order valence-electron chi connectivity index (χ0n) is 27.7. The Hall–Kier alpha value is -5.44. The molecular formula is C47H35NS. The molecule has 1 nitrogen and oxygen atoms in total. The number of aryl methyl sites for hydroxylation is 1. The number of rotatable bonds is 4. The lowest BCUT2D eigenvalue weighted by atomic mass is 9.79. The van der Waals surface area contributed by atoms with Gasteiger partial charge in [0.1, 0.15) is 0 Å². The van der Waals surface area contributed by atoms with Gasteiger partial charge in [0.15, 0.2) is 0 Å². The minimum absolute atomic E-state index is 0.162. The maximum Gasteiger partial charge on any atom is 0.0465 e. The third kappa shape index (κ3) is 4.24. The molecule has 0 fully saturated rings. The smallest absolute Gasteiger partial charge is 0.0465 e. The summed E-state index contributed by atoms with van der Waals surface area (Å²) >= 11 is 1.94. The maximum absolute atomic E-state index is 2.45. The average Bonchev–Trinajstić information content (AvgIpc) is 3.65. The molecule has 0 bridgehead atoms. The Morgan fingerprint density at radius 3 is 2.02 bits per heavy atom. The fourth-order valence-corrected chi connectivity index (χ4v) is 9.97. The third-order valence-electron chi connectivity index (χ3n) is 10.9. The zero-order valence-corrected chi connectivity index (χ0v) is 28.5. The Morgan fingerprint density at radius 1 is 0.571 bits per heavy atom. The van der Waals surface area contributed by atoms with Crippen molar-refractivity contribution in [1.29, 1.82) is 0 Å². The van der Waals surface area contributed by atoms with Gasteiger partial charge in [0, 0.05) is 32.1 Å². The van der Waals surface area contributed by atoms with Crippen molar-refractivity contribution >= 4 is 66.1 Å². The van der Waals surface area contributed by atoms with E-state index in [-0.39, 0.29) is 5.41 Å². The molecule has 0 aliphatic heterocycles. The van der Waals surface area contributed by atoms with Crippen molar-refractivity contribution in [3.63, 3.8) is 0 Å². The number of hydrogen-bond acceptors (Lipinski definition) is 2. The first-order valence-electron chi connectivity index (χ1n) is 17.3. The minimum Gasteiger partial charge on any atom is -0.310 e. The van der Waals surface area contributed by atoms with Gasteiger partial charge in [-0.25, -0.2) is 0 Å². The molecule has 0 saturated carbocycles. The number of benzene rings is 7. The molecule has 0 radical (unpaired) electrons. The molecule has 0 unspecified atom stereocenters. The fraction of sp³-hybridized carbons (Fsp3) is 0.106. The summed E-state index contributed by atoms with van der Waals surface area (Å²) in [6, 6.07) is 51.8. The van der Waals surface area contributed by atoms with Gasteiger partial charge in [0.2, 0.25) is 0 Å². The van der Waals surface area contributed by atoms with Gasteiger partial charge in [-0.05, 0) is 121 Å². The largest absolute Gasteiger partial charge is 0.310 e. The Morgan fingerprint density at radius 2 is 1.22 bits per heavy atom. The predicted molar refractivity (Wildman–Crippen MR) is 212 cm³/mol. The lowest BCUT2D eigenvalue weighted by molar-refractivity contribution is 0.666. The molecule has 0 N–H and O–H groups in total. The van der Waals surface area contributed by atoms with Crippen LogP contribution in [0.25, 0.3) is 60.0 Å². The second kappa shape index (κ2) is 10.8. The van der Waals surface area contributed by atoms with Crippen molar-refractivity contribution in [1.82, 2.24) is 0 Å². The second-order valence-corrected chi connectivity index (χ2v) is 15.0. The van der Waals surface area contributed by atoms with Gasteiger partial charge >= 0.3 is 0 Å². The first-order chi connectivity index (χ1) is 24.1. The SMILES string of the molecule is CC1(C)c2cc(N(c3ccccc3)c3ccc(-c4cccc5c6c(sc45)C=CCC6)cc3)ccc2-c2c1c1ccccc1c1ccccc21. The van der Waals surface area contributed by atoms with E-state index in [1.54, 1.807) is 0 Å². The van der Waals surface area contributed by atoms with Crippen LogP contribution in [0.1, 0.15) is 41.8 Å². The molecule has 0 atom stereocenters. The number of fused-ring (bicyclic) bond motifs is 11. The summed E-state index contributed by atoms with van der Waals surface area (Å²) in [6.45, 7) is 4.81. The molecule has 234 valence electrons. The van der Waals surface area contributed by atoms with E-state index in [4.69, 9.17) is 0 Å². The number of hydrogen-bond donors (Lipinski definition) is 0. The van der Waals surface area contributed by atoms with Crippen LogP contribution in [0.3, 0.4) is 0 Å². The molecule has 8 aromatic rings. The molecule has 2 aliphatic rings. The van der Waals surface area contributed by atoms with Crippen LogP contribution < -0.4 is 4.90 Å². The van der Waals surface area contributed by atoms with Crippen molar-refractivity contribution in [2.75, 3.05) is 4.90 Å². The van der Waals surface area contributed by atoms with Crippen LogP contribution in [0.2, 0.25) is 0 Å². The number of thiophene rings is 1. The van der Waals surface area contributed by atoms with E-state index in [1.807, 2.05) is 11.3 Å². The predicted octanol–water partition coefficient (Wildman–Crippen LogP) is 13.6. The molecule has 2 aliphatic carbocycles. The summed E-state index contributed by atoms with van der Waals surface area (Å²) in [6.07, 6.45) is 6.89. The molecule has 0 spiro atoms. The summed E-state index contributed by atoms with van der Waals surface area (Å²) in [5.41, 5.74) is 12.9. The van der Waals surface area contributed by atoms with Crippen molar-refractivity contribution in [2.45, 2.75) is 32.1 Å². The lowest BCUT2D eigenvalue weighted by Crippen LogP contribution is -2.17. The van der Waals surface area contributed by atoms with E-state index >= 15 is 0 Å². The molecule has 7 aromatic carbocycles. The quantitative estimate of drug-likeness (QED) is 0.172. The van der Waals surface area contributed by atoms with Crippen LogP contribution in [-0.4, -0.2) is 0 Å². The average molecular weight is 646 g/mol.